The predicted octanol–water partition coefficient (Wildman–Crippen LogP) is 1.04. The maximum Gasteiger partial charge on any atom is 0.272 e. The number of sulfone groups is 1. The zero-order valence-corrected chi connectivity index (χ0v) is 16.4. The Hall–Kier alpha value is -2.19. The van der Waals surface area contributed by atoms with E-state index in [4.69, 9.17) is 4.74 Å². The maximum absolute atomic E-state index is 13.1. The number of nitrogens with zero attached hydrogens (tertiary/aromatic N) is 3. The van der Waals surface area contributed by atoms with E-state index in [1.54, 1.807) is 18.1 Å². The number of rotatable bonds is 3. The van der Waals surface area contributed by atoms with Gasteiger partial charge in [0.25, 0.3) is 5.91 Å². The summed E-state index contributed by atoms with van der Waals surface area (Å²) in [6.45, 7) is 0.662. The van der Waals surface area contributed by atoms with Gasteiger partial charge in [0.2, 0.25) is 0 Å². The molecule has 2 aliphatic heterocycles. The summed E-state index contributed by atoms with van der Waals surface area (Å²) in [6.07, 6.45) is 0. The van der Waals surface area contributed by atoms with Crippen LogP contribution in [-0.2, 0) is 9.84 Å². The van der Waals surface area contributed by atoms with E-state index in [0.717, 1.165) is 5.39 Å². The minimum absolute atomic E-state index is 0.0584. The van der Waals surface area contributed by atoms with Crippen LogP contribution in [0.1, 0.15) is 10.5 Å². The first-order valence-corrected chi connectivity index (χ1v) is 10.6. The minimum Gasteiger partial charge on any atom is -0.496 e. The molecule has 3 atom stereocenters. The molecule has 0 unspecified atom stereocenters. The van der Waals surface area contributed by atoms with Gasteiger partial charge in [-0.1, -0.05) is 12.1 Å². The second-order valence-electron chi connectivity index (χ2n) is 7.50. The Morgan fingerprint density at radius 3 is 2.70 bits per heavy atom. The third-order valence-electron chi connectivity index (χ3n) is 5.74. The van der Waals surface area contributed by atoms with Gasteiger partial charge in [-0.25, -0.2) is 13.4 Å². The van der Waals surface area contributed by atoms with Crippen LogP contribution in [0.4, 0.5) is 0 Å². The molecule has 0 radical (unpaired) electrons. The van der Waals surface area contributed by atoms with Crippen molar-refractivity contribution in [3.05, 3.63) is 36.0 Å². The molecule has 0 aliphatic carbocycles. The Kier molecular flexibility index (Phi) is 4.35. The zero-order valence-electron chi connectivity index (χ0n) is 15.6. The summed E-state index contributed by atoms with van der Waals surface area (Å²) in [7, 11) is 2.15. The molecular formula is C19H23N3O4S. The smallest absolute Gasteiger partial charge is 0.272 e. The first kappa shape index (κ1) is 18.2. The molecule has 2 saturated heterocycles. The number of carbonyl (C=O) groups is 1. The number of ether oxygens (including phenoxy) is 1. The molecule has 27 heavy (non-hydrogen) atoms. The van der Waals surface area contributed by atoms with Gasteiger partial charge in [-0.3, -0.25) is 4.79 Å². The summed E-state index contributed by atoms with van der Waals surface area (Å²) in [5.41, 5.74) is 0.961. The topological polar surface area (TPSA) is 79.8 Å². The first-order chi connectivity index (χ1) is 12.8. The average Bonchev–Trinajstić information content (AvgIpc) is 3.19. The Morgan fingerprint density at radius 2 is 2.00 bits per heavy atom. The molecule has 4 rings (SSSR count). The largest absolute Gasteiger partial charge is 0.496 e. The lowest BCUT2D eigenvalue weighted by molar-refractivity contribution is 0.0774. The quantitative estimate of drug-likeness (QED) is 0.781. The highest BCUT2D eigenvalue weighted by Crippen LogP contribution is 2.36. The molecule has 0 saturated carbocycles. The van der Waals surface area contributed by atoms with Crippen LogP contribution in [0.3, 0.4) is 0 Å². The molecule has 1 aromatic carbocycles. The van der Waals surface area contributed by atoms with Gasteiger partial charge in [0.05, 0.1) is 23.6 Å². The van der Waals surface area contributed by atoms with Crippen molar-refractivity contribution < 1.29 is 17.9 Å². The minimum atomic E-state index is -3.19. The number of para-hydroxylation sites is 1. The molecule has 0 bridgehead atoms. The third-order valence-corrected chi connectivity index (χ3v) is 7.96. The number of fused-ring (bicyclic) bond motifs is 2. The molecule has 1 amide bonds. The number of carbonyl (C=O) groups excluding carboxylic acids is 1. The van der Waals surface area contributed by atoms with Gasteiger partial charge in [-0.05, 0) is 26.2 Å². The van der Waals surface area contributed by atoms with Crippen LogP contribution in [0.2, 0.25) is 0 Å². The number of methoxy groups -OCH3 is 1. The molecule has 2 fully saturated rings. The van der Waals surface area contributed by atoms with Crippen molar-refractivity contribution >= 4 is 26.6 Å². The number of likely N-dealkylation sites (tertiary alicyclic amines) is 1. The summed E-state index contributed by atoms with van der Waals surface area (Å²) in [5, 5.41) is 0.348. The van der Waals surface area contributed by atoms with Gasteiger partial charge in [-0.2, -0.15) is 0 Å². The fourth-order valence-electron chi connectivity index (χ4n) is 4.32. The van der Waals surface area contributed by atoms with Gasteiger partial charge < -0.3 is 14.5 Å². The fourth-order valence-corrected chi connectivity index (χ4v) is 6.79. The van der Waals surface area contributed by atoms with Gasteiger partial charge in [0, 0.05) is 36.5 Å². The number of benzene rings is 1. The van der Waals surface area contributed by atoms with Gasteiger partial charge in [0.1, 0.15) is 11.4 Å². The van der Waals surface area contributed by atoms with Crippen molar-refractivity contribution in [2.75, 3.05) is 40.0 Å². The summed E-state index contributed by atoms with van der Waals surface area (Å²) in [5.74, 6) is 0.443. The van der Waals surface area contributed by atoms with Crippen molar-refractivity contribution in [3.8, 4) is 5.75 Å². The van der Waals surface area contributed by atoms with Crippen LogP contribution in [0.5, 0.6) is 5.75 Å². The van der Waals surface area contributed by atoms with E-state index in [9.17, 15) is 13.2 Å². The molecule has 0 spiro atoms. The number of amides is 1. The molecule has 2 aromatic rings. The maximum atomic E-state index is 13.1. The molecule has 3 heterocycles. The predicted molar refractivity (Wildman–Crippen MR) is 103 cm³/mol. The molecule has 2 aliphatic rings. The SMILES string of the molecule is COc1cc(C(=O)N2C[C@H]3[C@H](N(C)C)CS(=O)(=O)[C@H]3C2)nc2ccccc12. The van der Waals surface area contributed by atoms with Gasteiger partial charge in [0.15, 0.2) is 9.84 Å². The lowest BCUT2D eigenvalue weighted by Crippen LogP contribution is -2.38. The van der Waals surface area contributed by atoms with E-state index < -0.39 is 15.1 Å². The van der Waals surface area contributed by atoms with E-state index in [1.165, 1.54) is 0 Å². The fraction of sp³-hybridized carbons (Fsp3) is 0.474. The molecule has 8 heteroatoms. The van der Waals surface area contributed by atoms with Gasteiger partial charge in [-0.15, -0.1) is 0 Å². The number of aromatic nitrogens is 1. The molecule has 0 N–H and O–H groups in total. The van der Waals surface area contributed by atoms with Crippen LogP contribution in [-0.4, -0.2) is 80.4 Å². The first-order valence-electron chi connectivity index (χ1n) is 8.93. The van der Waals surface area contributed by atoms with Crippen LogP contribution in [0.25, 0.3) is 10.9 Å². The summed E-state index contributed by atoms with van der Waals surface area (Å²) in [6, 6.07) is 9.05. The highest BCUT2D eigenvalue weighted by atomic mass is 32.2. The standard InChI is InChI=1S/C19H23N3O4S/c1-21(2)16-11-27(24,25)18-10-22(9-13(16)18)19(23)15-8-17(26-3)12-6-4-5-7-14(12)20-15/h4-8,13,16,18H,9-11H2,1-3H3/t13-,16+,18-/m0/s1. The van der Waals surface area contributed by atoms with Crippen LogP contribution >= 0.6 is 0 Å². The van der Waals surface area contributed by atoms with Crippen molar-refractivity contribution in [1.29, 1.82) is 0 Å². The molecule has 144 valence electrons. The van der Waals surface area contributed by atoms with Crippen molar-refractivity contribution in [2.24, 2.45) is 5.92 Å². The van der Waals surface area contributed by atoms with E-state index in [2.05, 4.69) is 4.98 Å². The Bertz CT molecular complexity index is 1010. The van der Waals surface area contributed by atoms with E-state index in [1.807, 2.05) is 43.3 Å². The van der Waals surface area contributed by atoms with Crippen molar-refractivity contribution in [2.45, 2.75) is 11.3 Å². The lowest BCUT2D eigenvalue weighted by atomic mass is 10.00. The number of pyridine rings is 1. The highest BCUT2D eigenvalue weighted by Gasteiger charge is 2.53. The summed E-state index contributed by atoms with van der Waals surface area (Å²) < 4.78 is 30.5. The van der Waals surface area contributed by atoms with E-state index in [-0.39, 0.29) is 35.9 Å². The monoisotopic (exact) mass is 389 g/mol. The van der Waals surface area contributed by atoms with E-state index in [0.29, 0.717) is 17.8 Å². The van der Waals surface area contributed by atoms with Crippen LogP contribution in [0.15, 0.2) is 30.3 Å². The van der Waals surface area contributed by atoms with Crippen LogP contribution < -0.4 is 4.74 Å². The zero-order chi connectivity index (χ0) is 19.3. The third kappa shape index (κ3) is 2.96. The lowest BCUT2D eigenvalue weighted by Gasteiger charge is -2.25. The highest BCUT2D eigenvalue weighted by molar-refractivity contribution is 7.92. The second kappa shape index (κ2) is 6.45. The molecule has 7 nitrogen and oxygen atoms in total. The Balaban J connectivity index is 1.66. The number of hydrogen-bond acceptors (Lipinski definition) is 6. The second-order valence-corrected chi connectivity index (χ2v) is 9.76. The molecular weight excluding hydrogens is 366 g/mol. The molecule has 1 aromatic heterocycles. The Labute approximate surface area is 158 Å². The summed E-state index contributed by atoms with van der Waals surface area (Å²) in [4.78, 5) is 21.1. The van der Waals surface area contributed by atoms with E-state index >= 15 is 0 Å². The van der Waals surface area contributed by atoms with Crippen molar-refractivity contribution in [3.63, 3.8) is 0 Å². The van der Waals surface area contributed by atoms with Crippen LogP contribution in [0, 0.1) is 5.92 Å². The normalized spacial score (nSPS) is 26.5. The summed E-state index contributed by atoms with van der Waals surface area (Å²) >= 11 is 0. The van der Waals surface area contributed by atoms with Gasteiger partial charge >= 0.3 is 0 Å². The Morgan fingerprint density at radius 1 is 1.26 bits per heavy atom. The average molecular weight is 389 g/mol. The number of hydrogen-bond donors (Lipinski definition) is 0. The van der Waals surface area contributed by atoms with Crippen molar-refractivity contribution in [1.82, 2.24) is 14.8 Å².